The molecule has 1 unspecified atom stereocenters. The van der Waals surface area contributed by atoms with Gasteiger partial charge in [0.25, 0.3) is 0 Å². The summed E-state index contributed by atoms with van der Waals surface area (Å²) in [6.07, 6.45) is 1.22. The zero-order valence-corrected chi connectivity index (χ0v) is 23.5. The van der Waals surface area contributed by atoms with Crippen molar-refractivity contribution in [3.05, 3.63) is 62.1 Å². The van der Waals surface area contributed by atoms with Crippen LogP contribution in [0.15, 0.2) is 36.4 Å². The van der Waals surface area contributed by atoms with E-state index >= 15 is 0 Å². The van der Waals surface area contributed by atoms with Gasteiger partial charge in [0.2, 0.25) is 21.8 Å². The first-order valence-electron chi connectivity index (χ1n) is 10.7. The molecule has 0 fully saturated rings. The molecule has 0 radical (unpaired) electrons. The molecule has 2 amide bonds. The molecule has 12 heteroatoms. The van der Waals surface area contributed by atoms with Crippen LogP contribution in [0.25, 0.3) is 0 Å². The van der Waals surface area contributed by atoms with Crippen LogP contribution in [0.4, 0.5) is 5.69 Å². The number of carbonyl (C=O) groups excluding carboxylic acids is 2. The average molecular weight is 583 g/mol. The van der Waals surface area contributed by atoms with Gasteiger partial charge in [0.05, 0.1) is 22.0 Å². The number of halogens is 4. The summed E-state index contributed by atoms with van der Waals surface area (Å²) < 4.78 is 26.2. The van der Waals surface area contributed by atoms with Crippen molar-refractivity contribution < 1.29 is 18.0 Å². The Kier molecular flexibility index (Phi) is 10.5. The van der Waals surface area contributed by atoms with Crippen molar-refractivity contribution in [1.29, 1.82) is 0 Å². The first-order valence-corrected chi connectivity index (χ1v) is 14.1. The SMILES string of the molecule is CCC(C(=O)NC(C)C)N(Cc1c(Cl)cccc1Cl)C(=O)CN(c1cccc(Cl)c1Cl)S(C)(=O)=O. The molecule has 2 aromatic rings. The number of nitrogens with zero attached hydrogens (tertiary/aromatic N) is 2. The van der Waals surface area contributed by atoms with Crippen LogP contribution < -0.4 is 9.62 Å². The third kappa shape index (κ3) is 7.64. The van der Waals surface area contributed by atoms with Gasteiger partial charge in [-0.05, 0) is 44.5 Å². The molecular formula is C23H27Cl4N3O4S. The summed E-state index contributed by atoms with van der Waals surface area (Å²) in [5, 5.41) is 3.55. The van der Waals surface area contributed by atoms with Crippen molar-refractivity contribution in [2.45, 2.75) is 45.8 Å². The second kappa shape index (κ2) is 12.5. The highest BCUT2D eigenvalue weighted by molar-refractivity contribution is 7.92. The minimum Gasteiger partial charge on any atom is -0.352 e. The number of benzene rings is 2. The molecule has 0 aliphatic rings. The number of amides is 2. The Morgan fingerprint density at radius 3 is 2.03 bits per heavy atom. The van der Waals surface area contributed by atoms with E-state index in [4.69, 9.17) is 46.4 Å². The van der Waals surface area contributed by atoms with E-state index in [1.54, 1.807) is 39.0 Å². The van der Waals surface area contributed by atoms with Crippen LogP contribution in [0, 0.1) is 0 Å². The molecule has 2 aromatic carbocycles. The number of sulfonamides is 1. The summed E-state index contributed by atoms with van der Waals surface area (Å²) in [4.78, 5) is 27.9. The zero-order chi connectivity index (χ0) is 26.5. The highest BCUT2D eigenvalue weighted by Gasteiger charge is 2.33. The summed E-state index contributed by atoms with van der Waals surface area (Å²) in [5.74, 6) is -1.03. The van der Waals surface area contributed by atoms with Gasteiger partial charge in [-0.25, -0.2) is 8.42 Å². The molecule has 0 spiro atoms. The average Bonchev–Trinajstić information content (AvgIpc) is 2.74. The number of hydrogen-bond donors (Lipinski definition) is 1. The monoisotopic (exact) mass is 581 g/mol. The standard InChI is InChI=1S/C23H27Cl4N3O4S/c1-5-19(23(32)28-14(2)3)29(12-15-16(24)8-6-9-17(15)25)21(31)13-30(35(4,33)34)20-11-7-10-18(26)22(20)27/h6-11,14,19H,5,12-13H2,1-4H3,(H,28,32). The molecule has 1 atom stereocenters. The lowest BCUT2D eigenvalue weighted by Crippen LogP contribution is -2.53. The molecule has 35 heavy (non-hydrogen) atoms. The lowest BCUT2D eigenvalue weighted by molar-refractivity contribution is -0.140. The van der Waals surface area contributed by atoms with Crippen LogP contribution in [0.3, 0.4) is 0 Å². The lowest BCUT2D eigenvalue weighted by atomic mass is 10.1. The van der Waals surface area contributed by atoms with Gasteiger partial charge in [-0.15, -0.1) is 0 Å². The number of nitrogens with one attached hydrogen (secondary N) is 1. The molecule has 2 rings (SSSR count). The van der Waals surface area contributed by atoms with Crippen LogP contribution >= 0.6 is 46.4 Å². The Hall–Kier alpha value is -1.71. The largest absolute Gasteiger partial charge is 0.352 e. The topological polar surface area (TPSA) is 86.8 Å². The summed E-state index contributed by atoms with van der Waals surface area (Å²) in [5.41, 5.74) is 0.483. The van der Waals surface area contributed by atoms with Crippen molar-refractivity contribution in [2.24, 2.45) is 0 Å². The molecule has 0 aliphatic heterocycles. The van der Waals surface area contributed by atoms with Gasteiger partial charge < -0.3 is 10.2 Å². The van der Waals surface area contributed by atoms with E-state index < -0.39 is 28.5 Å². The van der Waals surface area contributed by atoms with E-state index in [0.29, 0.717) is 15.6 Å². The Labute approximate surface area is 226 Å². The summed E-state index contributed by atoms with van der Waals surface area (Å²) in [6.45, 7) is 4.62. The quantitative estimate of drug-likeness (QED) is 0.406. The molecule has 0 bridgehead atoms. The lowest BCUT2D eigenvalue weighted by Gasteiger charge is -2.33. The molecule has 1 N–H and O–H groups in total. The van der Waals surface area contributed by atoms with Gasteiger partial charge in [0, 0.05) is 28.2 Å². The van der Waals surface area contributed by atoms with E-state index in [1.807, 2.05) is 0 Å². The molecule has 7 nitrogen and oxygen atoms in total. The Morgan fingerprint density at radius 2 is 1.51 bits per heavy atom. The van der Waals surface area contributed by atoms with Gasteiger partial charge in [-0.2, -0.15) is 0 Å². The van der Waals surface area contributed by atoms with Crippen molar-refractivity contribution in [3.63, 3.8) is 0 Å². The first kappa shape index (κ1) is 29.5. The van der Waals surface area contributed by atoms with E-state index in [1.165, 1.54) is 23.1 Å². The fourth-order valence-electron chi connectivity index (χ4n) is 3.43. The van der Waals surface area contributed by atoms with E-state index in [0.717, 1.165) is 10.6 Å². The van der Waals surface area contributed by atoms with Gasteiger partial charge in [-0.1, -0.05) is 65.5 Å². The highest BCUT2D eigenvalue weighted by Crippen LogP contribution is 2.34. The maximum atomic E-state index is 13.7. The fraction of sp³-hybridized carbons (Fsp3) is 0.391. The molecule has 192 valence electrons. The first-order chi connectivity index (χ1) is 16.3. The Morgan fingerprint density at radius 1 is 0.971 bits per heavy atom. The summed E-state index contributed by atoms with van der Waals surface area (Å²) in [7, 11) is -3.96. The number of hydrogen-bond acceptors (Lipinski definition) is 4. The number of rotatable bonds is 10. The predicted octanol–water partition coefficient (Wildman–Crippen LogP) is 5.40. The molecule has 0 saturated heterocycles. The van der Waals surface area contributed by atoms with Crippen LogP contribution in [0.2, 0.25) is 20.1 Å². The van der Waals surface area contributed by atoms with Crippen LogP contribution in [-0.4, -0.2) is 50.0 Å². The Bertz CT molecular complexity index is 1170. The van der Waals surface area contributed by atoms with E-state index in [9.17, 15) is 18.0 Å². The maximum absolute atomic E-state index is 13.7. The van der Waals surface area contributed by atoms with Gasteiger partial charge in [0.1, 0.15) is 12.6 Å². The normalized spacial score (nSPS) is 12.4. The highest BCUT2D eigenvalue weighted by atomic mass is 35.5. The second-order valence-corrected chi connectivity index (χ2v) is 11.7. The molecule has 0 heterocycles. The minimum atomic E-state index is -3.96. The Balaban J connectivity index is 2.55. The maximum Gasteiger partial charge on any atom is 0.244 e. The van der Waals surface area contributed by atoms with Gasteiger partial charge >= 0.3 is 0 Å². The second-order valence-electron chi connectivity index (χ2n) is 8.15. The van der Waals surface area contributed by atoms with Gasteiger partial charge in [-0.3, -0.25) is 13.9 Å². The number of anilines is 1. The van der Waals surface area contributed by atoms with Crippen LogP contribution in [-0.2, 0) is 26.2 Å². The van der Waals surface area contributed by atoms with Crippen molar-refractivity contribution in [3.8, 4) is 0 Å². The number of carbonyl (C=O) groups is 2. The fourth-order valence-corrected chi connectivity index (χ4v) is 5.25. The van der Waals surface area contributed by atoms with Crippen LogP contribution in [0.1, 0.15) is 32.8 Å². The van der Waals surface area contributed by atoms with E-state index in [-0.39, 0.29) is 40.6 Å². The molecule has 0 saturated carbocycles. The third-order valence-corrected chi connectivity index (χ3v) is 7.73. The predicted molar refractivity (Wildman–Crippen MR) is 143 cm³/mol. The molecular weight excluding hydrogens is 556 g/mol. The van der Waals surface area contributed by atoms with Crippen molar-refractivity contribution in [1.82, 2.24) is 10.2 Å². The van der Waals surface area contributed by atoms with Gasteiger partial charge in [0.15, 0.2) is 0 Å². The smallest absolute Gasteiger partial charge is 0.244 e. The van der Waals surface area contributed by atoms with Crippen LogP contribution in [0.5, 0.6) is 0 Å². The summed E-state index contributed by atoms with van der Waals surface area (Å²) >= 11 is 25.0. The molecule has 0 aliphatic carbocycles. The zero-order valence-electron chi connectivity index (χ0n) is 19.7. The van der Waals surface area contributed by atoms with Crippen molar-refractivity contribution in [2.75, 3.05) is 17.1 Å². The minimum absolute atomic E-state index is 0.0160. The third-order valence-electron chi connectivity index (χ3n) is 5.09. The molecule has 0 aromatic heterocycles. The summed E-state index contributed by atoms with van der Waals surface area (Å²) in [6, 6.07) is 8.30. The van der Waals surface area contributed by atoms with Crippen molar-refractivity contribution >= 4 is 73.9 Å². The van der Waals surface area contributed by atoms with E-state index in [2.05, 4.69) is 5.32 Å².